The summed E-state index contributed by atoms with van der Waals surface area (Å²) in [6.07, 6.45) is 0. The average molecular weight is 381 g/mol. The maximum atomic E-state index is 12.9. The Labute approximate surface area is 151 Å². The van der Waals surface area contributed by atoms with Crippen LogP contribution in [0.4, 0.5) is 5.88 Å². The highest BCUT2D eigenvalue weighted by molar-refractivity contribution is 7.89. The summed E-state index contributed by atoms with van der Waals surface area (Å²) in [7, 11) is -3.62. The van der Waals surface area contributed by atoms with E-state index in [1.807, 2.05) is 11.0 Å². The molecule has 0 amide bonds. The fraction of sp³-hybridized carbons (Fsp3) is 0.375. The Hall–Kier alpha value is -2.08. The molecule has 1 saturated heterocycles. The van der Waals surface area contributed by atoms with E-state index >= 15 is 0 Å². The van der Waals surface area contributed by atoms with Gasteiger partial charge >= 0.3 is 0 Å². The van der Waals surface area contributed by atoms with Gasteiger partial charge in [0.1, 0.15) is 6.07 Å². The van der Waals surface area contributed by atoms with Crippen LogP contribution in [0.2, 0.25) is 5.02 Å². The first kappa shape index (κ1) is 17.7. The largest absolute Gasteiger partial charge is 0.424 e. The normalized spacial score (nSPS) is 16.0. The number of benzene rings is 1. The maximum absolute atomic E-state index is 12.9. The lowest BCUT2D eigenvalue weighted by atomic mass is 10.2. The van der Waals surface area contributed by atoms with Crippen molar-refractivity contribution in [3.8, 4) is 6.07 Å². The summed E-state index contributed by atoms with van der Waals surface area (Å²) in [5.74, 6) is 0.812. The minimum absolute atomic E-state index is 0.222. The van der Waals surface area contributed by atoms with E-state index in [1.165, 1.54) is 4.31 Å². The van der Waals surface area contributed by atoms with Crippen molar-refractivity contribution in [2.75, 3.05) is 31.1 Å². The standard InChI is InChI=1S/C16H17ClN4O3S/c1-11-13(17)4-3-5-15(11)25(22,23)21-8-6-20(7-9-21)16-14(10-18)19-12(2)24-16/h3-5H,6-9H2,1-2H3. The third kappa shape index (κ3) is 3.23. The van der Waals surface area contributed by atoms with Crippen LogP contribution in [0, 0.1) is 25.2 Å². The second-order valence-corrected chi connectivity index (χ2v) is 8.07. The minimum Gasteiger partial charge on any atom is -0.424 e. The Morgan fingerprint density at radius 3 is 2.56 bits per heavy atom. The highest BCUT2D eigenvalue weighted by Gasteiger charge is 2.31. The van der Waals surface area contributed by atoms with Gasteiger partial charge in [0, 0.05) is 38.1 Å². The summed E-state index contributed by atoms with van der Waals surface area (Å²) in [4.78, 5) is 6.09. The van der Waals surface area contributed by atoms with Gasteiger partial charge in [-0.15, -0.1) is 0 Å². The number of piperazine rings is 1. The molecule has 0 unspecified atom stereocenters. The third-order valence-corrected chi connectivity index (χ3v) is 6.64. The van der Waals surface area contributed by atoms with Gasteiger partial charge in [0.05, 0.1) is 4.90 Å². The quantitative estimate of drug-likeness (QED) is 0.811. The molecule has 132 valence electrons. The molecular formula is C16H17ClN4O3S. The molecule has 2 heterocycles. The number of oxazole rings is 1. The average Bonchev–Trinajstić information content (AvgIpc) is 2.98. The SMILES string of the molecule is Cc1nc(C#N)c(N2CCN(S(=O)(=O)c3cccc(Cl)c3C)CC2)o1. The lowest BCUT2D eigenvalue weighted by molar-refractivity contribution is 0.371. The van der Waals surface area contributed by atoms with Gasteiger partial charge in [-0.25, -0.2) is 13.4 Å². The van der Waals surface area contributed by atoms with Crippen LogP contribution in [0.25, 0.3) is 0 Å². The Balaban J connectivity index is 1.80. The molecule has 0 atom stereocenters. The van der Waals surface area contributed by atoms with E-state index in [4.69, 9.17) is 21.3 Å². The molecule has 3 rings (SSSR count). The zero-order valence-electron chi connectivity index (χ0n) is 13.9. The molecule has 1 aromatic heterocycles. The monoisotopic (exact) mass is 380 g/mol. The number of rotatable bonds is 3. The van der Waals surface area contributed by atoms with E-state index < -0.39 is 10.0 Å². The number of aryl methyl sites for hydroxylation is 1. The van der Waals surface area contributed by atoms with Gasteiger partial charge in [-0.05, 0) is 24.6 Å². The molecule has 7 nitrogen and oxygen atoms in total. The minimum atomic E-state index is -3.62. The van der Waals surface area contributed by atoms with Gasteiger partial charge < -0.3 is 9.32 Å². The highest BCUT2D eigenvalue weighted by atomic mass is 35.5. The van der Waals surface area contributed by atoms with Gasteiger partial charge in [-0.3, -0.25) is 0 Å². The van der Waals surface area contributed by atoms with Crippen LogP contribution < -0.4 is 4.90 Å². The fourth-order valence-electron chi connectivity index (χ4n) is 2.84. The van der Waals surface area contributed by atoms with Gasteiger partial charge in [-0.1, -0.05) is 17.7 Å². The molecule has 0 aliphatic carbocycles. The lowest BCUT2D eigenvalue weighted by Crippen LogP contribution is -2.48. The molecule has 2 aromatic rings. The van der Waals surface area contributed by atoms with Crippen LogP contribution in [0.15, 0.2) is 27.5 Å². The van der Waals surface area contributed by atoms with Crippen LogP contribution in [0.5, 0.6) is 0 Å². The second-order valence-electron chi connectivity index (χ2n) is 5.75. The number of nitrogens with zero attached hydrogens (tertiary/aromatic N) is 4. The number of hydrogen-bond acceptors (Lipinski definition) is 6. The van der Waals surface area contributed by atoms with E-state index in [1.54, 1.807) is 32.0 Å². The van der Waals surface area contributed by atoms with Crippen molar-refractivity contribution in [3.63, 3.8) is 0 Å². The first-order chi connectivity index (χ1) is 11.8. The zero-order chi connectivity index (χ0) is 18.2. The Bertz CT molecular complexity index is 941. The van der Waals surface area contributed by atoms with Crippen LogP contribution in [0.1, 0.15) is 17.1 Å². The van der Waals surface area contributed by atoms with E-state index in [0.717, 1.165) is 0 Å². The summed E-state index contributed by atoms with van der Waals surface area (Å²) < 4.78 is 32.7. The molecule has 0 saturated carbocycles. The predicted molar refractivity (Wildman–Crippen MR) is 93.1 cm³/mol. The molecule has 0 N–H and O–H groups in total. The Morgan fingerprint density at radius 2 is 1.92 bits per heavy atom. The maximum Gasteiger partial charge on any atom is 0.243 e. The van der Waals surface area contributed by atoms with Crippen molar-refractivity contribution in [2.45, 2.75) is 18.7 Å². The molecule has 0 radical (unpaired) electrons. The molecule has 1 fully saturated rings. The second kappa shape index (κ2) is 6.67. The van der Waals surface area contributed by atoms with Crippen molar-refractivity contribution < 1.29 is 12.8 Å². The Kier molecular flexibility index (Phi) is 4.73. The number of aromatic nitrogens is 1. The molecule has 1 aliphatic rings. The van der Waals surface area contributed by atoms with Gasteiger partial charge in [0.15, 0.2) is 5.89 Å². The molecule has 1 aliphatic heterocycles. The van der Waals surface area contributed by atoms with E-state index in [0.29, 0.717) is 48.5 Å². The van der Waals surface area contributed by atoms with Gasteiger partial charge in [-0.2, -0.15) is 9.57 Å². The summed E-state index contributed by atoms with van der Waals surface area (Å²) in [6.45, 7) is 4.79. The molecule has 1 aromatic carbocycles. The fourth-order valence-corrected chi connectivity index (χ4v) is 4.74. The summed E-state index contributed by atoms with van der Waals surface area (Å²) >= 11 is 6.06. The number of nitriles is 1. The zero-order valence-corrected chi connectivity index (χ0v) is 15.4. The van der Waals surface area contributed by atoms with Crippen molar-refractivity contribution in [1.82, 2.24) is 9.29 Å². The number of hydrogen-bond donors (Lipinski definition) is 0. The molecule has 9 heteroatoms. The number of sulfonamides is 1. The van der Waals surface area contributed by atoms with Gasteiger partial charge in [0.2, 0.25) is 21.6 Å². The molecular weight excluding hydrogens is 364 g/mol. The third-order valence-electron chi connectivity index (χ3n) is 4.18. The van der Waals surface area contributed by atoms with E-state index in [-0.39, 0.29) is 10.6 Å². The molecule has 0 spiro atoms. The first-order valence-corrected chi connectivity index (χ1v) is 9.54. The summed E-state index contributed by atoms with van der Waals surface area (Å²) in [6, 6.07) is 6.87. The summed E-state index contributed by atoms with van der Waals surface area (Å²) in [5, 5.41) is 9.56. The lowest BCUT2D eigenvalue weighted by Gasteiger charge is -2.34. The smallest absolute Gasteiger partial charge is 0.243 e. The molecule has 0 bridgehead atoms. The van der Waals surface area contributed by atoms with Crippen LogP contribution in [-0.4, -0.2) is 43.9 Å². The van der Waals surface area contributed by atoms with E-state index in [2.05, 4.69) is 4.98 Å². The number of anilines is 1. The van der Waals surface area contributed by atoms with Crippen molar-refractivity contribution >= 4 is 27.5 Å². The van der Waals surface area contributed by atoms with E-state index in [9.17, 15) is 8.42 Å². The van der Waals surface area contributed by atoms with Crippen LogP contribution in [-0.2, 0) is 10.0 Å². The topological polar surface area (TPSA) is 90.4 Å². The van der Waals surface area contributed by atoms with Crippen LogP contribution in [0.3, 0.4) is 0 Å². The Morgan fingerprint density at radius 1 is 1.24 bits per heavy atom. The van der Waals surface area contributed by atoms with Crippen LogP contribution >= 0.6 is 11.6 Å². The van der Waals surface area contributed by atoms with Crippen molar-refractivity contribution in [1.29, 1.82) is 5.26 Å². The first-order valence-electron chi connectivity index (χ1n) is 7.72. The van der Waals surface area contributed by atoms with Crippen molar-refractivity contribution in [3.05, 3.63) is 40.4 Å². The molecule has 25 heavy (non-hydrogen) atoms. The predicted octanol–water partition coefficient (Wildman–Crippen LogP) is 2.33. The van der Waals surface area contributed by atoms with Gasteiger partial charge in [0.25, 0.3) is 0 Å². The van der Waals surface area contributed by atoms with Crippen molar-refractivity contribution in [2.24, 2.45) is 0 Å². The number of halogens is 1. The highest BCUT2D eigenvalue weighted by Crippen LogP contribution is 2.28. The summed E-state index contributed by atoms with van der Waals surface area (Å²) in [5.41, 5.74) is 0.767.